The summed E-state index contributed by atoms with van der Waals surface area (Å²) >= 11 is 0. The summed E-state index contributed by atoms with van der Waals surface area (Å²) in [6.45, 7) is 2.53. The van der Waals surface area contributed by atoms with Gasteiger partial charge in [0.15, 0.2) is 6.10 Å². The minimum absolute atomic E-state index is 0.111. The molecule has 0 spiro atoms. The van der Waals surface area contributed by atoms with E-state index in [0.717, 1.165) is 116 Å². The SMILES string of the molecule is CC/C=C\C/C=C\C/C=C\C/C=C\C/C=C\C/C=C\CCCCCCCCCCC(=O)OCC(O)COP(=O)(O)OCC(O)COP(=O)(O)OCC(COC(=O)CCCCCCCCCCCCC)OC(=O)CCCCCCCCCCCCC. The molecule has 18 heteroatoms. The third-order valence-electron chi connectivity index (χ3n) is 13.9. The Labute approximate surface area is 515 Å². The lowest BCUT2D eigenvalue weighted by molar-refractivity contribution is -0.161. The number of ether oxygens (including phenoxy) is 3. The first-order valence-electron chi connectivity index (χ1n) is 33.2. The molecule has 16 nitrogen and oxygen atoms in total. The van der Waals surface area contributed by atoms with E-state index in [1.165, 1.54) is 103 Å². The molecule has 0 aliphatic heterocycles. The Bertz CT molecular complexity index is 1850. The number of hydrogen-bond donors (Lipinski definition) is 4. The first-order valence-corrected chi connectivity index (χ1v) is 36.2. The summed E-state index contributed by atoms with van der Waals surface area (Å²) in [4.78, 5) is 58.1. The van der Waals surface area contributed by atoms with Crippen molar-refractivity contribution in [1.29, 1.82) is 0 Å². The lowest BCUT2D eigenvalue weighted by Gasteiger charge is -2.21. The number of phosphoric ester groups is 2. The third kappa shape index (κ3) is 62.4. The Morgan fingerprint density at radius 3 is 0.988 bits per heavy atom. The van der Waals surface area contributed by atoms with Gasteiger partial charge in [0, 0.05) is 19.3 Å². The molecule has 0 aliphatic carbocycles. The number of rotatable bonds is 63. The quantitative estimate of drug-likeness (QED) is 0.0146. The summed E-state index contributed by atoms with van der Waals surface area (Å²) in [5.74, 6) is -1.57. The van der Waals surface area contributed by atoms with E-state index in [1.54, 1.807) is 0 Å². The average Bonchev–Trinajstić information content (AvgIpc) is 3.55. The van der Waals surface area contributed by atoms with Gasteiger partial charge in [-0.15, -0.1) is 0 Å². The Kier molecular flexibility index (Phi) is 59.1. The predicted octanol–water partition coefficient (Wildman–Crippen LogP) is 18.0. The number of aliphatic hydroxyl groups excluding tert-OH is 2. The van der Waals surface area contributed by atoms with Gasteiger partial charge in [-0.05, 0) is 70.6 Å². The molecule has 5 unspecified atom stereocenters. The van der Waals surface area contributed by atoms with Crippen LogP contribution in [0.5, 0.6) is 0 Å². The van der Waals surface area contributed by atoms with Gasteiger partial charge in [0.1, 0.15) is 25.4 Å². The first-order chi connectivity index (χ1) is 41.2. The van der Waals surface area contributed by atoms with Crippen LogP contribution >= 0.6 is 15.6 Å². The minimum Gasteiger partial charge on any atom is -0.463 e. The molecule has 4 N–H and O–H groups in total. The molecule has 0 aromatic rings. The predicted molar refractivity (Wildman–Crippen MR) is 344 cm³/mol. The second-order valence-corrected chi connectivity index (χ2v) is 25.2. The van der Waals surface area contributed by atoms with Crippen molar-refractivity contribution in [3.05, 3.63) is 72.9 Å². The van der Waals surface area contributed by atoms with Crippen molar-refractivity contribution >= 4 is 33.6 Å². The molecular formula is C67H120O16P2. The summed E-state index contributed by atoms with van der Waals surface area (Å²) in [6, 6.07) is 0. The van der Waals surface area contributed by atoms with Gasteiger partial charge in [0.2, 0.25) is 0 Å². The fraction of sp³-hybridized carbons (Fsp3) is 0.776. The molecule has 0 heterocycles. The van der Waals surface area contributed by atoms with E-state index in [9.17, 15) is 43.5 Å². The zero-order chi connectivity index (χ0) is 62.4. The number of aliphatic hydroxyl groups is 2. The molecule has 0 saturated carbocycles. The fourth-order valence-corrected chi connectivity index (χ4v) is 10.5. The molecule has 0 amide bonds. The molecule has 0 fully saturated rings. The minimum atomic E-state index is -4.91. The molecule has 494 valence electrons. The van der Waals surface area contributed by atoms with Crippen molar-refractivity contribution in [1.82, 2.24) is 0 Å². The van der Waals surface area contributed by atoms with Gasteiger partial charge in [-0.1, -0.05) is 261 Å². The van der Waals surface area contributed by atoms with Gasteiger partial charge >= 0.3 is 33.6 Å². The molecule has 0 aromatic carbocycles. The fourth-order valence-electron chi connectivity index (χ4n) is 8.87. The van der Waals surface area contributed by atoms with Crippen LogP contribution < -0.4 is 0 Å². The van der Waals surface area contributed by atoms with Crippen molar-refractivity contribution in [2.75, 3.05) is 39.6 Å². The highest BCUT2D eigenvalue weighted by Gasteiger charge is 2.29. The second-order valence-electron chi connectivity index (χ2n) is 22.3. The average molecular weight is 1240 g/mol. The summed E-state index contributed by atoms with van der Waals surface area (Å²) in [7, 11) is -9.75. The van der Waals surface area contributed by atoms with Crippen molar-refractivity contribution in [3.63, 3.8) is 0 Å². The van der Waals surface area contributed by atoms with Gasteiger partial charge in [-0.25, -0.2) is 9.13 Å². The van der Waals surface area contributed by atoms with Crippen LogP contribution in [0.25, 0.3) is 0 Å². The third-order valence-corrected chi connectivity index (χ3v) is 15.8. The van der Waals surface area contributed by atoms with Gasteiger partial charge in [-0.2, -0.15) is 0 Å². The monoisotopic (exact) mass is 1240 g/mol. The summed E-state index contributed by atoms with van der Waals surface area (Å²) in [6.07, 6.45) is 62.6. The van der Waals surface area contributed by atoms with Crippen molar-refractivity contribution in [2.45, 2.75) is 296 Å². The van der Waals surface area contributed by atoms with E-state index >= 15 is 0 Å². The summed E-state index contributed by atoms with van der Waals surface area (Å²) in [5.41, 5.74) is 0. The topological polar surface area (TPSA) is 231 Å². The standard InChI is InChI=1S/C67H120O16P2/c1-4-7-10-13-16-19-22-23-24-25-26-27-28-29-30-31-32-33-34-35-36-37-40-42-44-47-50-53-65(70)77-56-62(68)57-79-84(73,74)80-58-63(69)59-81-85(75,76)82-61-64(83-67(72)55-52-49-46-43-39-21-18-15-12-9-6-3)60-78-66(71)54-51-48-45-41-38-20-17-14-11-8-5-2/h7,10,16,19,23-24,26-27,29-30,32-33,62-64,68-69H,4-6,8-9,11-15,17-18,20-22,25,28,31,34-61H2,1-3H3,(H,73,74)(H,75,76)/b10-7-,19-16-,24-23-,27-26-,30-29-,33-32-. The lowest BCUT2D eigenvalue weighted by atomic mass is 10.1. The van der Waals surface area contributed by atoms with Crippen molar-refractivity contribution in [3.8, 4) is 0 Å². The normalized spacial score (nSPS) is 14.8. The second kappa shape index (κ2) is 61.2. The highest BCUT2D eigenvalue weighted by atomic mass is 31.2. The molecule has 0 radical (unpaired) electrons. The molecular weight excluding hydrogens is 1120 g/mol. The molecule has 0 bridgehead atoms. The molecule has 5 atom stereocenters. The molecule has 85 heavy (non-hydrogen) atoms. The number of unbranched alkanes of at least 4 members (excludes halogenated alkanes) is 28. The number of carbonyl (C=O) groups is 3. The number of carbonyl (C=O) groups excluding carboxylic acids is 3. The van der Waals surface area contributed by atoms with Gasteiger partial charge in [0.25, 0.3) is 0 Å². The van der Waals surface area contributed by atoms with Crippen LogP contribution in [0.1, 0.15) is 278 Å². The van der Waals surface area contributed by atoms with Crippen molar-refractivity contribution < 1.29 is 75.8 Å². The van der Waals surface area contributed by atoms with Gasteiger partial charge < -0.3 is 34.2 Å². The first kappa shape index (κ1) is 82.0. The Hall–Kier alpha value is -3.01. The maximum absolute atomic E-state index is 12.8. The highest BCUT2D eigenvalue weighted by molar-refractivity contribution is 7.47. The molecule has 0 aliphatic rings. The van der Waals surface area contributed by atoms with Crippen LogP contribution in [-0.2, 0) is 55.8 Å². The van der Waals surface area contributed by atoms with Crippen LogP contribution in [0.4, 0.5) is 0 Å². The van der Waals surface area contributed by atoms with Crippen LogP contribution in [0.3, 0.4) is 0 Å². The molecule has 0 rings (SSSR count). The Morgan fingerprint density at radius 1 is 0.341 bits per heavy atom. The van der Waals surface area contributed by atoms with Gasteiger partial charge in [-0.3, -0.25) is 32.5 Å². The summed E-state index contributed by atoms with van der Waals surface area (Å²) < 4.78 is 60.7. The van der Waals surface area contributed by atoms with Crippen LogP contribution in [0.15, 0.2) is 72.9 Å². The van der Waals surface area contributed by atoms with E-state index in [4.69, 9.17) is 32.3 Å². The van der Waals surface area contributed by atoms with E-state index in [0.29, 0.717) is 19.3 Å². The summed E-state index contributed by atoms with van der Waals surface area (Å²) in [5, 5.41) is 20.5. The smallest absolute Gasteiger partial charge is 0.463 e. The maximum Gasteiger partial charge on any atom is 0.472 e. The lowest BCUT2D eigenvalue weighted by Crippen LogP contribution is -2.30. The number of hydrogen-bond acceptors (Lipinski definition) is 14. The molecule has 0 aromatic heterocycles. The van der Waals surface area contributed by atoms with E-state index in [1.807, 2.05) is 0 Å². The van der Waals surface area contributed by atoms with Crippen LogP contribution in [0, 0.1) is 0 Å². The largest absolute Gasteiger partial charge is 0.472 e. The van der Waals surface area contributed by atoms with Gasteiger partial charge in [0.05, 0.1) is 26.4 Å². The number of allylic oxidation sites excluding steroid dienone is 12. The van der Waals surface area contributed by atoms with E-state index in [-0.39, 0.29) is 19.3 Å². The van der Waals surface area contributed by atoms with Crippen LogP contribution in [0.2, 0.25) is 0 Å². The van der Waals surface area contributed by atoms with E-state index in [2.05, 4.69) is 93.7 Å². The molecule has 0 saturated heterocycles. The Morgan fingerprint density at radius 2 is 0.624 bits per heavy atom. The zero-order valence-corrected chi connectivity index (χ0v) is 55.1. The maximum atomic E-state index is 12.8. The zero-order valence-electron chi connectivity index (χ0n) is 53.3. The Balaban J connectivity index is 4.42. The number of esters is 3. The van der Waals surface area contributed by atoms with Crippen LogP contribution in [-0.4, -0.2) is 95.9 Å². The highest BCUT2D eigenvalue weighted by Crippen LogP contribution is 2.45. The van der Waals surface area contributed by atoms with Crippen molar-refractivity contribution in [2.24, 2.45) is 0 Å². The number of phosphoric acid groups is 2. The van der Waals surface area contributed by atoms with E-state index < -0.39 is 91.5 Å².